The molecule has 17 heavy (non-hydrogen) atoms. The summed E-state index contributed by atoms with van der Waals surface area (Å²) in [7, 11) is -0.733. The van der Waals surface area contributed by atoms with Gasteiger partial charge in [0.2, 0.25) is 5.88 Å². The molecule has 0 spiro atoms. The second kappa shape index (κ2) is 7.21. The number of hydrogen-bond donors (Lipinski definition) is 1. The lowest BCUT2D eigenvalue weighted by molar-refractivity contribution is 0.232. The molecule has 0 bridgehead atoms. The minimum absolute atomic E-state index is 0.0975. The molecule has 0 aliphatic heterocycles. The summed E-state index contributed by atoms with van der Waals surface area (Å²) in [6, 6.07) is 1.77. The molecule has 1 aromatic heterocycles. The van der Waals surface area contributed by atoms with Crippen molar-refractivity contribution < 1.29 is 8.95 Å². The van der Waals surface area contributed by atoms with Crippen LogP contribution in [0, 0.1) is 0 Å². The first-order valence-electron chi connectivity index (χ1n) is 5.60. The highest BCUT2D eigenvalue weighted by Gasteiger charge is 2.01. The number of ether oxygens (including phenoxy) is 1. The molecule has 0 fully saturated rings. The summed E-state index contributed by atoms with van der Waals surface area (Å²) in [5, 5.41) is 3.15. The topological polar surface area (TPSA) is 64.1 Å². The lowest BCUT2D eigenvalue weighted by Crippen LogP contribution is -2.10. The van der Waals surface area contributed by atoms with Crippen LogP contribution in [0.1, 0.15) is 20.3 Å². The van der Waals surface area contributed by atoms with E-state index in [1.807, 2.05) is 13.8 Å². The summed E-state index contributed by atoms with van der Waals surface area (Å²) in [5.74, 6) is 2.00. The number of hydrogen-bond acceptors (Lipinski definition) is 5. The van der Waals surface area contributed by atoms with Gasteiger partial charge in [0.05, 0.1) is 6.10 Å². The zero-order valence-corrected chi connectivity index (χ0v) is 11.3. The highest BCUT2D eigenvalue weighted by Crippen LogP contribution is 2.12. The monoisotopic (exact) mass is 257 g/mol. The molecule has 1 rings (SSSR count). The molecule has 0 aliphatic rings. The Hall–Kier alpha value is -1.17. The second-order valence-corrected chi connectivity index (χ2v) is 5.52. The van der Waals surface area contributed by atoms with Gasteiger partial charge in [-0.15, -0.1) is 0 Å². The maximum Gasteiger partial charge on any atom is 0.218 e. The van der Waals surface area contributed by atoms with Crippen LogP contribution < -0.4 is 10.1 Å². The van der Waals surface area contributed by atoms with Gasteiger partial charge < -0.3 is 10.1 Å². The Morgan fingerprint density at radius 3 is 2.88 bits per heavy atom. The maximum absolute atomic E-state index is 10.9. The Morgan fingerprint density at radius 1 is 1.47 bits per heavy atom. The first-order valence-corrected chi connectivity index (χ1v) is 7.33. The molecule has 1 N–H and O–H groups in total. The smallest absolute Gasteiger partial charge is 0.218 e. The van der Waals surface area contributed by atoms with E-state index in [0.29, 0.717) is 11.6 Å². The first kappa shape index (κ1) is 13.9. The summed E-state index contributed by atoms with van der Waals surface area (Å²) in [6.45, 7) is 4.65. The average molecular weight is 257 g/mol. The third kappa shape index (κ3) is 6.21. The molecular weight excluding hydrogens is 238 g/mol. The number of rotatable bonds is 7. The van der Waals surface area contributed by atoms with Crippen LogP contribution >= 0.6 is 0 Å². The number of nitrogens with zero attached hydrogens (tertiary/aromatic N) is 2. The predicted octanol–water partition coefficient (Wildman–Crippen LogP) is 1.44. The van der Waals surface area contributed by atoms with Crippen LogP contribution in [-0.2, 0) is 10.8 Å². The predicted molar refractivity (Wildman–Crippen MR) is 69.8 cm³/mol. The van der Waals surface area contributed by atoms with Gasteiger partial charge in [0.1, 0.15) is 12.1 Å². The molecule has 1 heterocycles. The van der Waals surface area contributed by atoms with Gasteiger partial charge in [0.25, 0.3) is 0 Å². The van der Waals surface area contributed by atoms with E-state index < -0.39 is 10.8 Å². The number of nitrogens with one attached hydrogen (secondary N) is 1. The van der Waals surface area contributed by atoms with E-state index in [0.717, 1.165) is 18.8 Å². The van der Waals surface area contributed by atoms with Crippen LogP contribution in [0.25, 0.3) is 0 Å². The van der Waals surface area contributed by atoms with Crippen molar-refractivity contribution in [3.63, 3.8) is 0 Å². The van der Waals surface area contributed by atoms with Crippen molar-refractivity contribution in [2.24, 2.45) is 0 Å². The van der Waals surface area contributed by atoms with Crippen molar-refractivity contribution in [1.82, 2.24) is 9.97 Å². The number of aromatic nitrogens is 2. The maximum atomic E-state index is 10.9. The molecule has 0 amide bonds. The molecule has 0 saturated carbocycles. The van der Waals surface area contributed by atoms with Crippen molar-refractivity contribution in [1.29, 1.82) is 0 Å². The van der Waals surface area contributed by atoms with Gasteiger partial charge in [0.15, 0.2) is 0 Å². The molecule has 1 unspecified atom stereocenters. The second-order valence-electron chi connectivity index (χ2n) is 3.97. The molecule has 1 aromatic rings. The third-order valence-corrected chi connectivity index (χ3v) is 2.78. The Bertz CT molecular complexity index is 371. The molecule has 5 nitrogen and oxygen atoms in total. The van der Waals surface area contributed by atoms with Crippen molar-refractivity contribution in [3.05, 3.63) is 12.4 Å². The van der Waals surface area contributed by atoms with Crippen LogP contribution in [0.15, 0.2) is 12.4 Å². The van der Waals surface area contributed by atoms with Crippen molar-refractivity contribution in [2.45, 2.75) is 26.4 Å². The summed E-state index contributed by atoms with van der Waals surface area (Å²) in [6.07, 6.45) is 4.13. The largest absolute Gasteiger partial charge is 0.475 e. The van der Waals surface area contributed by atoms with Crippen LogP contribution in [0.4, 0.5) is 5.82 Å². The van der Waals surface area contributed by atoms with E-state index in [-0.39, 0.29) is 6.10 Å². The van der Waals surface area contributed by atoms with E-state index in [9.17, 15) is 4.21 Å². The lowest BCUT2D eigenvalue weighted by Gasteiger charge is -2.09. The van der Waals surface area contributed by atoms with Gasteiger partial charge in [-0.05, 0) is 20.3 Å². The normalized spacial score (nSPS) is 12.5. The zero-order chi connectivity index (χ0) is 12.7. The first-order chi connectivity index (χ1) is 8.08. The van der Waals surface area contributed by atoms with Gasteiger partial charge in [-0.25, -0.2) is 9.97 Å². The van der Waals surface area contributed by atoms with Crippen molar-refractivity contribution in [3.8, 4) is 5.88 Å². The molecule has 1 atom stereocenters. The number of anilines is 1. The molecular formula is C11H19N3O2S. The van der Waals surface area contributed by atoms with Crippen LogP contribution in [-0.4, -0.2) is 38.8 Å². The molecule has 0 aliphatic carbocycles. The third-order valence-electron chi connectivity index (χ3n) is 1.91. The fourth-order valence-electron chi connectivity index (χ4n) is 1.23. The summed E-state index contributed by atoms with van der Waals surface area (Å²) in [5.41, 5.74) is 0. The molecule has 0 aromatic carbocycles. The molecule has 0 radical (unpaired) electrons. The fourth-order valence-corrected chi connectivity index (χ4v) is 1.78. The van der Waals surface area contributed by atoms with Crippen molar-refractivity contribution in [2.75, 3.05) is 23.9 Å². The highest BCUT2D eigenvalue weighted by molar-refractivity contribution is 7.84. The summed E-state index contributed by atoms with van der Waals surface area (Å²) in [4.78, 5) is 8.10. The van der Waals surface area contributed by atoms with E-state index >= 15 is 0 Å². The van der Waals surface area contributed by atoms with Crippen molar-refractivity contribution >= 4 is 16.6 Å². The van der Waals surface area contributed by atoms with E-state index in [4.69, 9.17) is 4.74 Å². The average Bonchev–Trinajstić information content (AvgIpc) is 2.24. The minimum Gasteiger partial charge on any atom is -0.475 e. The van der Waals surface area contributed by atoms with E-state index in [2.05, 4.69) is 15.3 Å². The quantitative estimate of drug-likeness (QED) is 0.749. The van der Waals surface area contributed by atoms with Gasteiger partial charge >= 0.3 is 0 Å². The lowest BCUT2D eigenvalue weighted by atomic mass is 10.4. The van der Waals surface area contributed by atoms with Gasteiger partial charge in [-0.1, -0.05) is 0 Å². The Morgan fingerprint density at radius 2 is 2.24 bits per heavy atom. The van der Waals surface area contributed by atoms with Gasteiger partial charge in [-0.3, -0.25) is 4.21 Å². The standard InChI is InChI=1S/C11H19N3O2S/c1-9(2)16-11-7-10(13-8-14-11)12-5-4-6-17(3)15/h7-9H,4-6H2,1-3H3,(H,12,13,14). The van der Waals surface area contributed by atoms with Crippen LogP contribution in [0.3, 0.4) is 0 Å². The van der Waals surface area contributed by atoms with Gasteiger partial charge in [0, 0.05) is 35.4 Å². The highest BCUT2D eigenvalue weighted by atomic mass is 32.2. The minimum atomic E-state index is -0.733. The molecule has 6 heteroatoms. The summed E-state index contributed by atoms with van der Waals surface area (Å²) >= 11 is 0. The SMILES string of the molecule is CC(C)Oc1cc(NCCCS(C)=O)ncn1. The molecule has 96 valence electrons. The van der Waals surface area contributed by atoms with E-state index in [1.54, 1.807) is 12.3 Å². The Balaban J connectivity index is 2.40. The summed E-state index contributed by atoms with van der Waals surface area (Å²) < 4.78 is 16.3. The Labute approximate surface area is 104 Å². The van der Waals surface area contributed by atoms with Crippen LogP contribution in [0.2, 0.25) is 0 Å². The van der Waals surface area contributed by atoms with Crippen LogP contribution in [0.5, 0.6) is 5.88 Å². The van der Waals surface area contributed by atoms with E-state index in [1.165, 1.54) is 6.33 Å². The Kier molecular flexibility index (Phi) is 5.90. The van der Waals surface area contributed by atoms with Gasteiger partial charge in [-0.2, -0.15) is 0 Å². The zero-order valence-electron chi connectivity index (χ0n) is 10.5. The fraction of sp³-hybridized carbons (Fsp3) is 0.636. The molecule has 0 saturated heterocycles.